The van der Waals surface area contributed by atoms with Crippen LogP contribution in [0.4, 0.5) is 14.9 Å². The first kappa shape index (κ1) is 25.0. The first-order valence-corrected chi connectivity index (χ1v) is 13.5. The normalized spacial score (nSPS) is 15.1. The summed E-state index contributed by atoms with van der Waals surface area (Å²) in [5.74, 6) is 0.476. The Bertz CT molecular complexity index is 1660. The predicted molar refractivity (Wildman–Crippen MR) is 151 cm³/mol. The molecule has 8 heteroatoms. The third kappa shape index (κ3) is 4.40. The lowest BCUT2D eigenvalue weighted by molar-refractivity contribution is 0.185. The lowest BCUT2D eigenvalue weighted by Gasteiger charge is -2.41. The quantitative estimate of drug-likeness (QED) is 0.230. The van der Waals surface area contributed by atoms with E-state index in [1.807, 2.05) is 63.1 Å². The third-order valence-corrected chi connectivity index (χ3v) is 8.45. The number of aromatic nitrogens is 2. The zero-order valence-corrected chi connectivity index (χ0v) is 22.9. The molecule has 0 aliphatic carbocycles. The third-order valence-electron chi connectivity index (χ3n) is 7.26. The summed E-state index contributed by atoms with van der Waals surface area (Å²) in [6, 6.07) is 22.2. The number of hydrogen-bond acceptors (Lipinski definition) is 5. The average molecular weight is 539 g/mol. The highest BCUT2D eigenvalue weighted by atomic mass is 32.1. The molecule has 2 aromatic heterocycles. The van der Waals surface area contributed by atoms with Crippen LogP contribution in [0, 0.1) is 26.6 Å². The Labute approximate surface area is 230 Å². The second-order valence-corrected chi connectivity index (χ2v) is 10.9. The van der Waals surface area contributed by atoms with Crippen molar-refractivity contribution in [3.63, 3.8) is 0 Å². The zero-order chi connectivity index (χ0) is 27.3. The average Bonchev–Trinajstić information content (AvgIpc) is 3.48. The fourth-order valence-corrected chi connectivity index (χ4v) is 6.37. The molecule has 2 amide bonds. The monoisotopic (exact) mass is 538 g/mol. The highest BCUT2D eigenvalue weighted by molar-refractivity contribution is 7.15. The second kappa shape index (κ2) is 9.78. The largest absolute Gasteiger partial charge is 0.361 e. The zero-order valence-electron chi connectivity index (χ0n) is 22.1. The Morgan fingerprint density at radius 3 is 2.36 bits per heavy atom. The van der Waals surface area contributed by atoms with Gasteiger partial charge >= 0.3 is 6.03 Å². The van der Waals surface area contributed by atoms with E-state index in [0.717, 1.165) is 60.5 Å². The van der Waals surface area contributed by atoms with Crippen molar-refractivity contribution < 1.29 is 13.7 Å². The topological polar surface area (TPSA) is 62.5 Å². The lowest BCUT2D eigenvalue weighted by Crippen LogP contribution is -2.47. The molecule has 0 fully saturated rings. The maximum Gasteiger partial charge on any atom is 0.325 e. The molecule has 6 nitrogen and oxygen atoms in total. The van der Waals surface area contributed by atoms with Crippen LogP contribution in [0.2, 0.25) is 0 Å². The van der Waals surface area contributed by atoms with Gasteiger partial charge in [-0.15, -0.1) is 11.3 Å². The number of carbonyl (C=O) groups excluding carboxylic acids is 1. The van der Waals surface area contributed by atoms with E-state index >= 15 is 0 Å². The van der Waals surface area contributed by atoms with Gasteiger partial charge in [-0.1, -0.05) is 41.6 Å². The summed E-state index contributed by atoms with van der Waals surface area (Å²) in [5, 5.41) is 4.95. The van der Waals surface area contributed by atoms with Gasteiger partial charge in [-0.3, -0.25) is 4.90 Å². The first-order valence-electron chi connectivity index (χ1n) is 12.7. The summed E-state index contributed by atoms with van der Waals surface area (Å²) in [7, 11) is 1.81. The second-order valence-electron chi connectivity index (χ2n) is 9.79. The Morgan fingerprint density at radius 1 is 0.949 bits per heavy atom. The van der Waals surface area contributed by atoms with E-state index in [0.29, 0.717) is 6.54 Å². The minimum Gasteiger partial charge on any atom is -0.361 e. The van der Waals surface area contributed by atoms with Gasteiger partial charge in [-0.05, 0) is 68.3 Å². The van der Waals surface area contributed by atoms with Crippen LogP contribution < -0.4 is 4.90 Å². The van der Waals surface area contributed by atoms with Crippen LogP contribution in [0.3, 0.4) is 0 Å². The van der Waals surface area contributed by atoms with Crippen molar-refractivity contribution in [2.24, 2.45) is 0 Å². The predicted octanol–water partition coefficient (Wildman–Crippen LogP) is 7.69. The standard InChI is InChI=1S/C31H27FN4O2S/c1-18-27(39-30(33-18)22-10-13-24(32)14-11-22)17-36-29(21-8-6-5-7-9-21)25-16-23(28-19(2)34-38-20(28)3)12-15-26(25)35(4)31(36)37/h5-16,29H,17H2,1-4H3. The molecule has 39 heavy (non-hydrogen) atoms. The number of rotatable bonds is 5. The Hall–Kier alpha value is -4.30. The van der Waals surface area contributed by atoms with Crippen LogP contribution in [0.1, 0.15) is 39.2 Å². The number of benzene rings is 3. The summed E-state index contributed by atoms with van der Waals surface area (Å²) in [6.07, 6.45) is 0. The number of amides is 2. The van der Waals surface area contributed by atoms with Crippen molar-refractivity contribution in [2.75, 3.05) is 11.9 Å². The molecular formula is C31H27FN4O2S. The Kier molecular flexibility index (Phi) is 6.27. The van der Waals surface area contributed by atoms with Crippen LogP contribution in [0.15, 0.2) is 77.3 Å². The van der Waals surface area contributed by atoms with Crippen molar-refractivity contribution in [3.8, 4) is 21.7 Å². The lowest BCUT2D eigenvalue weighted by atomic mass is 9.90. The molecule has 0 saturated carbocycles. The van der Waals surface area contributed by atoms with Crippen molar-refractivity contribution in [3.05, 3.63) is 112 Å². The summed E-state index contributed by atoms with van der Waals surface area (Å²) in [6.45, 7) is 6.20. The van der Waals surface area contributed by atoms with Crippen molar-refractivity contribution >= 4 is 23.1 Å². The molecule has 3 heterocycles. The van der Waals surface area contributed by atoms with Crippen LogP contribution in [0.25, 0.3) is 21.7 Å². The van der Waals surface area contributed by atoms with Gasteiger partial charge in [0.1, 0.15) is 16.6 Å². The van der Waals surface area contributed by atoms with E-state index in [1.54, 1.807) is 17.0 Å². The number of anilines is 1. The van der Waals surface area contributed by atoms with Gasteiger partial charge in [0, 0.05) is 28.6 Å². The summed E-state index contributed by atoms with van der Waals surface area (Å²) in [4.78, 5) is 23.3. The van der Waals surface area contributed by atoms with E-state index in [1.165, 1.54) is 23.5 Å². The highest BCUT2D eigenvalue weighted by Gasteiger charge is 2.38. The van der Waals surface area contributed by atoms with Gasteiger partial charge in [-0.2, -0.15) is 0 Å². The molecule has 0 spiro atoms. The maximum absolute atomic E-state index is 13.9. The smallest absolute Gasteiger partial charge is 0.325 e. The molecular weight excluding hydrogens is 511 g/mol. The minimum absolute atomic E-state index is 0.0856. The molecule has 0 N–H and O–H groups in total. The molecule has 1 atom stereocenters. The van der Waals surface area contributed by atoms with E-state index < -0.39 is 0 Å². The van der Waals surface area contributed by atoms with Gasteiger partial charge < -0.3 is 9.42 Å². The van der Waals surface area contributed by atoms with Gasteiger partial charge in [0.25, 0.3) is 0 Å². The van der Waals surface area contributed by atoms with Gasteiger partial charge in [0.2, 0.25) is 0 Å². The molecule has 1 unspecified atom stereocenters. The molecule has 5 aromatic rings. The number of halogens is 1. The first-order chi connectivity index (χ1) is 18.8. The van der Waals surface area contributed by atoms with Crippen molar-refractivity contribution in [1.82, 2.24) is 15.0 Å². The number of nitrogens with zero attached hydrogens (tertiary/aromatic N) is 4. The number of carbonyl (C=O) groups is 1. The highest BCUT2D eigenvalue weighted by Crippen LogP contribution is 2.44. The van der Waals surface area contributed by atoms with Gasteiger partial charge in [0.05, 0.1) is 29.7 Å². The molecule has 196 valence electrons. The number of thiazole rings is 1. The van der Waals surface area contributed by atoms with E-state index in [2.05, 4.69) is 23.4 Å². The Morgan fingerprint density at radius 2 is 1.67 bits per heavy atom. The summed E-state index contributed by atoms with van der Waals surface area (Å²) in [5.41, 5.74) is 7.43. The van der Waals surface area contributed by atoms with Gasteiger partial charge in [0.15, 0.2) is 0 Å². The number of hydrogen-bond donors (Lipinski definition) is 0. The van der Waals surface area contributed by atoms with Crippen LogP contribution in [0.5, 0.6) is 0 Å². The van der Waals surface area contributed by atoms with Crippen molar-refractivity contribution in [1.29, 1.82) is 0 Å². The van der Waals surface area contributed by atoms with E-state index in [4.69, 9.17) is 9.51 Å². The molecule has 0 radical (unpaired) electrons. The van der Waals surface area contributed by atoms with Crippen LogP contribution >= 0.6 is 11.3 Å². The molecule has 1 aliphatic rings. The maximum atomic E-state index is 13.9. The molecule has 6 rings (SSSR count). The summed E-state index contributed by atoms with van der Waals surface area (Å²) >= 11 is 1.53. The number of aryl methyl sites for hydroxylation is 3. The van der Waals surface area contributed by atoms with Gasteiger partial charge in [-0.25, -0.2) is 14.2 Å². The van der Waals surface area contributed by atoms with Crippen molar-refractivity contribution in [2.45, 2.75) is 33.4 Å². The fraction of sp³-hybridized carbons (Fsp3) is 0.194. The fourth-order valence-electron chi connectivity index (χ4n) is 5.30. The van der Waals surface area contributed by atoms with Crippen LogP contribution in [-0.4, -0.2) is 28.1 Å². The number of urea groups is 1. The number of fused-ring (bicyclic) bond motifs is 1. The molecule has 1 aliphatic heterocycles. The Balaban J connectivity index is 1.46. The van der Waals surface area contributed by atoms with E-state index in [-0.39, 0.29) is 17.9 Å². The molecule has 0 saturated heterocycles. The summed E-state index contributed by atoms with van der Waals surface area (Å²) < 4.78 is 18.9. The minimum atomic E-state index is -0.305. The van der Waals surface area contributed by atoms with Crippen LogP contribution in [-0.2, 0) is 6.54 Å². The molecule has 3 aromatic carbocycles. The molecule has 0 bridgehead atoms. The SMILES string of the molecule is Cc1nc(-c2ccc(F)cc2)sc1CN1C(=O)N(C)c2ccc(-c3c(C)noc3C)cc2C1c1ccccc1. The van der Waals surface area contributed by atoms with E-state index in [9.17, 15) is 9.18 Å².